The molecule has 138 valence electrons. The van der Waals surface area contributed by atoms with Crippen LogP contribution in [0.4, 0.5) is 0 Å². The Balaban J connectivity index is 1.75. The Labute approximate surface area is 162 Å². The molecular formula is C23H29NOS. The number of hydrogen-bond acceptors (Lipinski definition) is 2. The summed E-state index contributed by atoms with van der Waals surface area (Å²) in [5.41, 5.74) is 2.24. The van der Waals surface area contributed by atoms with Crippen molar-refractivity contribution in [1.29, 1.82) is 0 Å². The summed E-state index contributed by atoms with van der Waals surface area (Å²) in [5, 5.41) is 0. The first kappa shape index (κ1) is 19.0. The maximum atomic E-state index is 13.1. The maximum Gasteiger partial charge on any atom is 0.254 e. The Morgan fingerprint density at radius 2 is 1.85 bits per heavy atom. The molecule has 3 rings (SSSR count). The van der Waals surface area contributed by atoms with Gasteiger partial charge in [-0.2, -0.15) is 0 Å². The molecule has 1 amide bonds. The van der Waals surface area contributed by atoms with Crippen LogP contribution in [0.3, 0.4) is 0 Å². The van der Waals surface area contributed by atoms with Crippen molar-refractivity contribution in [3.63, 3.8) is 0 Å². The van der Waals surface area contributed by atoms with Crippen LogP contribution in [-0.2, 0) is 0 Å². The average molecular weight is 368 g/mol. The fourth-order valence-electron chi connectivity index (χ4n) is 3.96. The van der Waals surface area contributed by atoms with Crippen molar-refractivity contribution in [2.45, 2.75) is 55.9 Å². The SMILES string of the molecule is CCCCC1CC(c2ccccc2)CCN1C(=O)c1ccc(SC)cc1. The highest BCUT2D eigenvalue weighted by molar-refractivity contribution is 7.98. The molecule has 1 saturated heterocycles. The summed E-state index contributed by atoms with van der Waals surface area (Å²) >= 11 is 1.71. The molecule has 0 N–H and O–H groups in total. The number of amides is 1. The summed E-state index contributed by atoms with van der Waals surface area (Å²) in [7, 11) is 0. The van der Waals surface area contributed by atoms with Gasteiger partial charge < -0.3 is 4.90 Å². The fraction of sp³-hybridized carbons (Fsp3) is 0.435. The largest absolute Gasteiger partial charge is 0.336 e. The zero-order chi connectivity index (χ0) is 18.4. The van der Waals surface area contributed by atoms with E-state index in [1.54, 1.807) is 11.8 Å². The van der Waals surface area contributed by atoms with Crippen LogP contribution in [0.25, 0.3) is 0 Å². The van der Waals surface area contributed by atoms with E-state index in [4.69, 9.17) is 0 Å². The maximum absolute atomic E-state index is 13.1. The van der Waals surface area contributed by atoms with Crippen molar-refractivity contribution >= 4 is 17.7 Å². The molecule has 0 saturated carbocycles. The molecule has 1 fully saturated rings. The third-order valence-corrected chi connectivity index (χ3v) is 6.22. The van der Waals surface area contributed by atoms with Crippen LogP contribution in [0.2, 0.25) is 0 Å². The summed E-state index contributed by atoms with van der Waals surface area (Å²) in [4.78, 5) is 16.5. The second-order valence-electron chi connectivity index (χ2n) is 7.16. The molecule has 0 aromatic heterocycles. The average Bonchev–Trinajstić information content (AvgIpc) is 2.72. The minimum absolute atomic E-state index is 0.199. The second-order valence-corrected chi connectivity index (χ2v) is 8.03. The van der Waals surface area contributed by atoms with Gasteiger partial charge in [0.1, 0.15) is 0 Å². The summed E-state index contributed by atoms with van der Waals surface area (Å²) in [6.45, 7) is 3.09. The Hall–Kier alpha value is -1.74. The lowest BCUT2D eigenvalue weighted by atomic mass is 9.83. The van der Waals surface area contributed by atoms with Gasteiger partial charge in [0.2, 0.25) is 0 Å². The summed E-state index contributed by atoms with van der Waals surface area (Å²) in [6, 6.07) is 19.2. The molecule has 0 bridgehead atoms. The third-order valence-electron chi connectivity index (χ3n) is 5.48. The van der Waals surface area contributed by atoms with E-state index in [0.29, 0.717) is 12.0 Å². The van der Waals surface area contributed by atoms with E-state index in [1.165, 1.54) is 23.3 Å². The van der Waals surface area contributed by atoms with Crippen LogP contribution in [-0.4, -0.2) is 29.6 Å². The summed E-state index contributed by atoms with van der Waals surface area (Å²) in [6.07, 6.45) is 7.67. The van der Waals surface area contributed by atoms with Gasteiger partial charge in [-0.15, -0.1) is 11.8 Å². The molecule has 2 aromatic rings. The number of nitrogens with zero attached hydrogens (tertiary/aromatic N) is 1. The zero-order valence-corrected chi connectivity index (χ0v) is 16.7. The normalized spacial score (nSPS) is 20.2. The smallest absolute Gasteiger partial charge is 0.254 e. The molecule has 3 heteroatoms. The van der Waals surface area contributed by atoms with Crippen molar-refractivity contribution in [3.8, 4) is 0 Å². The molecule has 2 nitrogen and oxygen atoms in total. The molecule has 2 unspecified atom stereocenters. The van der Waals surface area contributed by atoms with Crippen molar-refractivity contribution < 1.29 is 4.79 Å². The highest BCUT2D eigenvalue weighted by Gasteiger charge is 2.32. The lowest BCUT2D eigenvalue weighted by Gasteiger charge is -2.40. The Bertz CT molecular complexity index is 698. The second kappa shape index (κ2) is 9.27. The number of carbonyl (C=O) groups excluding carboxylic acids is 1. The first-order valence-electron chi connectivity index (χ1n) is 9.73. The Kier molecular flexibility index (Phi) is 6.79. The standard InChI is InChI=1S/C23H29NOS/c1-3-4-10-21-17-20(18-8-6-5-7-9-18)15-16-24(21)23(25)19-11-13-22(26-2)14-12-19/h5-9,11-14,20-21H,3-4,10,15-17H2,1-2H3. The summed E-state index contributed by atoms with van der Waals surface area (Å²) in [5.74, 6) is 0.770. The van der Waals surface area contributed by atoms with E-state index in [2.05, 4.69) is 60.5 Å². The molecular weight excluding hydrogens is 338 g/mol. The minimum atomic E-state index is 0.199. The number of unbranched alkanes of at least 4 members (excludes halogenated alkanes) is 1. The quantitative estimate of drug-likeness (QED) is 0.585. The molecule has 1 aliphatic heterocycles. The van der Waals surface area contributed by atoms with Crippen molar-refractivity contribution in [3.05, 3.63) is 65.7 Å². The van der Waals surface area contributed by atoms with Gasteiger partial charge in [0.15, 0.2) is 0 Å². The Morgan fingerprint density at radius 3 is 2.50 bits per heavy atom. The molecule has 0 radical (unpaired) electrons. The van der Waals surface area contributed by atoms with Crippen molar-refractivity contribution in [1.82, 2.24) is 4.90 Å². The van der Waals surface area contributed by atoms with Gasteiger partial charge in [-0.05, 0) is 61.3 Å². The van der Waals surface area contributed by atoms with Crippen molar-refractivity contribution in [2.24, 2.45) is 0 Å². The van der Waals surface area contributed by atoms with E-state index >= 15 is 0 Å². The first-order valence-corrected chi connectivity index (χ1v) is 11.0. The third kappa shape index (κ3) is 4.50. The van der Waals surface area contributed by atoms with Crippen LogP contribution in [0, 0.1) is 0 Å². The van der Waals surface area contributed by atoms with E-state index in [9.17, 15) is 4.79 Å². The first-order chi connectivity index (χ1) is 12.7. The molecule has 2 aromatic carbocycles. The van der Waals surface area contributed by atoms with Crippen LogP contribution < -0.4 is 0 Å². The van der Waals surface area contributed by atoms with Gasteiger partial charge in [-0.3, -0.25) is 4.79 Å². The molecule has 0 spiro atoms. The van der Waals surface area contributed by atoms with Crippen molar-refractivity contribution in [2.75, 3.05) is 12.8 Å². The number of piperidine rings is 1. The van der Waals surface area contributed by atoms with Crippen LogP contribution in [0.5, 0.6) is 0 Å². The Morgan fingerprint density at radius 1 is 1.12 bits per heavy atom. The number of benzene rings is 2. The van der Waals surface area contributed by atoms with Crippen LogP contribution in [0.1, 0.15) is 60.9 Å². The van der Waals surface area contributed by atoms with Gasteiger partial charge in [-0.25, -0.2) is 0 Å². The van der Waals surface area contributed by atoms with E-state index in [1.807, 2.05) is 12.1 Å². The van der Waals surface area contributed by atoms with Gasteiger partial charge in [0.25, 0.3) is 5.91 Å². The highest BCUT2D eigenvalue weighted by Crippen LogP contribution is 2.34. The topological polar surface area (TPSA) is 20.3 Å². The number of thioether (sulfide) groups is 1. The molecule has 0 aliphatic carbocycles. The van der Waals surface area contributed by atoms with Gasteiger partial charge in [0, 0.05) is 23.0 Å². The lowest BCUT2D eigenvalue weighted by molar-refractivity contribution is 0.0575. The molecule has 1 heterocycles. The minimum Gasteiger partial charge on any atom is -0.336 e. The zero-order valence-electron chi connectivity index (χ0n) is 15.9. The number of hydrogen-bond donors (Lipinski definition) is 0. The van der Waals surface area contributed by atoms with Gasteiger partial charge in [0.05, 0.1) is 0 Å². The molecule has 1 aliphatic rings. The predicted octanol–water partition coefficient (Wildman–Crippen LogP) is 5.99. The molecule has 2 atom stereocenters. The number of rotatable bonds is 6. The predicted molar refractivity (Wildman–Crippen MR) is 111 cm³/mol. The fourth-order valence-corrected chi connectivity index (χ4v) is 4.37. The van der Waals surface area contributed by atoms with Gasteiger partial charge >= 0.3 is 0 Å². The van der Waals surface area contributed by atoms with E-state index in [0.717, 1.165) is 31.4 Å². The van der Waals surface area contributed by atoms with E-state index < -0.39 is 0 Å². The monoisotopic (exact) mass is 367 g/mol. The molecule has 26 heavy (non-hydrogen) atoms. The number of likely N-dealkylation sites (tertiary alicyclic amines) is 1. The highest BCUT2D eigenvalue weighted by atomic mass is 32.2. The number of carbonyl (C=O) groups is 1. The van der Waals surface area contributed by atoms with Gasteiger partial charge in [-0.1, -0.05) is 50.1 Å². The van der Waals surface area contributed by atoms with E-state index in [-0.39, 0.29) is 5.91 Å². The summed E-state index contributed by atoms with van der Waals surface area (Å²) < 4.78 is 0. The van der Waals surface area contributed by atoms with Crippen LogP contribution >= 0.6 is 11.8 Å². The lowest BCUT2D eigenvalue weighted by Crippen LogP contribution is -2.45. The van der Waals surface area contributed by atoms with Crippen LogP contribution in [0.15, 0.2) is 59.5 Å².